The molecule has 0 saturated carbocycles. The van der Waals surface area contributed by atoms with Crippen LogP contribution in [0.25, 0.3) is 0 Å². The fourth-order valence-electron chi connectivity index (χ4n) is 2.14. The van der Waals surface area contributed by atoms with Crippen LogP contribution in [-0.2, 0) is 4.79 Å². The molecule has 126 valence electrons. The normalized spacial score (nSPS) is 10.1. The summed E-state index contributed by atoms with van der Waals surface area (Å²) in [4.78, 5) is 23.7. The Labute approximate surface area is 142 Å². The molecule has 2 rings (SSSR count). The fourth-order valence-corrected chi connectivity index (χ4v) is 2.14. The van der Waals surface area contributed by atoms with E-state index in [4.69, 9.17) is 4.74 Å². The molecule has 2 aromatic carbocycles. The zero-order valence-electron chi connectivity index (χ0n) is 14.0. The standard InChI is InChI=1S/C19H22N2O3/c1-14-7-9-16(10-8-14)24-12-11-20-18(22)13-21-19(23)17-6-4-3-5-15(17)2/h3-10H,11-13H2,1-2H3,(H,20,22)(H,21,23). The van der Waals surface area contributed by atoms with Gasteiger partial charge in [0, 0.05) is 5.56 Å². The van der Waals surface area contributed by atoms with Crippen molar-refractivity contribution in [1.29, 1.82) is 0 Å². The quantitative estimate of drug-likeness (QED) is 0.767. The van der Waals surface area contributed by atoms with Crippen molar-refractivity contribution >= 4 is 11.8 Å². The van der Waals surface area contributed by atoms with Gasteiger partial charge in [-0.2, -0.15) is 0 Å². The highest BCUT2D eigenvalue weighted by Gasteiger charge is 2.09. The molecule has 0 bridgehead atoms. The zero-order chi connectivity index (χ0) is 17.4. The average molecular weight is 326 g/mol. The van der Waals surface area contributed by atoms with Crippen LogP contribution in [0.1, 0.15) is 21.5 Å². The van der Waals surface area contributed by atoms with Crippen molar-refractivity contribution < 1.29 is 14.3 Å². The Balaban J connectivity index is 1.65. The van der Waals surface area contributed by atoms with Gasteiger partial charge >= 0.3 is 0 Å². The van der Waals surface area contributed by atoms with Crippen molar-refractivity contribution in [2.24, 2.45) is 0 Å². The monoisotopic (exact) mass is 326 g/mol. The summed E-state index contributed by atoms with van der Waals surface area (Å²) < 4.78 is 5.52. The van der Waals surface area contributed by atoms with Crippen molar-refractivity contribution in [1.82, 2.24) is 10.6 Å². The summed E-state index contributed by atoms with van der Waals surface area (Å²) >= 11 is 0. The molecule has 24 heavy (non-hydrogen) atoms. The van der Waals surface area contributed by atoms with Gasteiger partial charge in [0.05, 0.1) is 13.1 Å². The molecule has 0 fully saturated rings. The van der Waals surface area contributed by atoms with E-state index in [0.29, 0.717) is 18.7 Å². The maximum Gasteiger partial charge on any atom is 0.251 e. The van der Waals surface area contributed by atoms with Gasteiger partial charge in [-0.3, -0.25) is 9.59 Å². The van der Waals surface area contributed by atoms with E-state index in [1.807, 2.05) is 50.2 Å². The van der Waals surface area contributed by atoms with Gasteiger partial charge in [0.1, 0.15) is 12.4 Å². The minimum atomic E-state index is -0.251. The van der Waals surface area contributed by atoms with Crippen molar-refractivity contribution in [2.75, 3.05) is 19.7 Å². The number of carbonyl (C=O) groups is 2. The van der Waals surface area contributed by atoms with Crippen LogP contribution in [-0.4, -0.2) is 31.5 Å². The smallest absolute Gasteiger partial charge is 0.251 e. The Kier molecular flexibility index (Phi) is 6.37. The van der Waals surface area contributed by atoms with Gasteiger partial charge < -0.3 is 15.4 Å². The van der Waals surface area contributed by atoms with Gasteiger partial charge in [-0.15, -0.1) is 0 Å². The van der Waals surface area contributed by atoms with Crippen LogP contribution in [0.2, 0.25) is 0 Å². The minimum Gasteiger partial charge on any atom is -0.492 e. The Bertz CT molecular complexity index is 696. The summed E-state index contributed by atoms with van der Waals surface area (Å²) in [5.74, 6) is 0.270. The number of hydrogen-bond donors (Lipinski definition) is 2. The lowest BCUT2D eigenvalue weighted by Gasteiger charge is -2.09. The number of benzene rings is 2. The molecule has 2 aromatic rings. The Morgan fingerprint density at radius 1 is 0.958 bits per heavy atom. The van der Waals surface area contributed by atoms with Crippen LogP contribution in [0, 0.1) is 13.8 Å². The lowest BCUT2D eigenvalue weighted by Crippen LogP contribution is -2.38. The number of hydrogen-bond acceptors (Lipinski definition) is 3. The third-order valence-electron chi connectivity index (χ3n) is 3.51. The number of rotatable bonds is 7. The summed E-state index contributed by atoms with van der Waals surface area (Å²) in [5, 5.41) is 5.32. The lowest BCUT2D eigenvalue weighted by atomic mass is 10.1. The molecule has 0 heterocycles. The van der Waals surface area contributed by atoms with Crippen LogP contribution in [0.3, 0.4) is 0 Å². The van der Waals surface area contributed by atoms with Crippen LogP contribution >= 0.6 is 0 Å². The Morgan fingerprint density at radius 3 is 2.38 bits per heavy atom. The minimum absolute atomic E-state index is 0.0578. The first-order valence-corrected chi connectivity index (χ1v) is 7.86. The van der Waals surface area contributed by atoms with Crippen LogP contribution in [0.4, 0.5) is 0 Å². The van der Waals surface area contributed by atoms with E-state index in [-0.39, 0.29) is 18.4 Å². The van der Waals surface area contributed by atoms with Gasteiger partial charge in [0.25, 0.3) is 5.91 Å². The molecular formula is C19H22N2O3. The van der Waals surface area contributed by atoms with Crippen LogP contribution in [0.15, 0.2) is 48.5 Å². The van der Waals surface area contributed by atoms with Crippen molar-refractivity contribution in [3.8, 4) is 5.75 Å². The predicted molar refractivity (Wildman–Crippen MR) is 93.2 cm³/mol. The first kappa shape index (κ1) is 17.5. The molecule has 5 nitrogen and oxygen atoms in total. The number of nitrogens with one attached hydrogen (secondary N) is 2. The molecule has 0 aliphatic rings. The first-order valence-electron chi connectivity index (χ1n) is 7.86. The third-order valence-corrected chi connectivity index (χ3v) is 3.51. The molecule has 2 N–H and O–H groups in total. The fraction of sp³-hybridized carbons (Fsp3) is 0.263. The number of amides is 2. The van der Waals surface area contributed by atoms with Crippen LogP contribution < -0.4 is 15.4 Å². The molecule has 0 unspecified atom stereocenters. The summed E-state index contributed by atoms with van der Waals surface area (Å²) in [7, 11) is 0. The van der Waals surface area contributed by atoms with Crippen LogP contribution in [0.5, 0.6) is 5.75 Å². The van der Waals surface area contributed by atoms with E-state index < -0.39 is 0 Å². The van der Waals surface area contributed by atoms with Gasteiger partial charge in [0.2, 0.25) is 5.91 Å². The zero-order valence-corrected chi connectivity index (χ0v) is 14.0. The molecule has 0 aliphatic heterocycles. The van der Waals surface area contributed by atoms with Gasteiger partial charge in [-0.1, -0.05) is 35.9 Å². The summed E-state index contributed by atoms with van der Waals surface area (Å²) in [5.41, 5.74) is 2.62. The summed E-state index contributed by atoms with van der Waals surface area (Å²) in [6.07, 6.45) is 0. The van der Waals surface area contributed by atoms with Gasteiger partial charge in [-0.05, 0) is 37.6 Å². The van der Waals surface area contributed by atoms with Gasteiger partial charge in [-0.25, -0.2) is 0 Å². The van der Waals surface area contributed by atoms with Crippen molar-refractivity contribution in [3.63, 3.8) is 0 Å². The van der Waals surface area contributed by atoms with Crippen molar-refractivity contribution in [2.45, 2.75) is 13.8 Å². The molecule has 0 aromatic heterocycles. The Morgan fingerprint density at radius 2 is 1.67 bits per heavy atom. The van der Waals surface area contributed by atoms with E-state index in [1.165, 1.54) is 5.56 Å². The molecule has 0 aliphatic carbocycles. The van der Waals surface area contributed by atoms with E-state index in [1.54, 1.807) is 12.1 Å². The molecular weight excluding hydrogens is 304 g/mol. The molecule has 0 spiro atoms. The summed E-state index contributed by atoms with van der Waals surface area (Å²) in [6, 6.07) is 15.0. The van der Waals surface area contributed by atoms with E-state index in [2.05, 4.69) is 10.6 Å². The third kappa shape index (κ3) is 5.43. The highest BCUT2D eigenvalue weighted by molar-refractivity contribution is 5.97. The predicted octanol–water partition coefficient (Wildman–Crippen LogP) is 2.23. The van der Waals surface area contributed by atoms with E-state index >= 15 is 0 Å². The largest absolute Gasteiger partial charge is 0.492 e. The average Bonchev–Trinajstić information content (AvgIpc) is 2.58. The van der Waals surface area contributed by atoms with Crippen molar-refractivity contribution in [3.05, 3.63) is 65.2 Å². The molecule has 0 radical (unpaired) electrons. The highest BCUT2D eigenvalue weighted by Crippen LogP contribution is 2.10. The highest BCUT2D eigenvalue weighted by atomic mass is 16.5. The number of carbonyl (C=O) groups excluding carboxylic acids is 2. The maximum absolute atomic E-state index is 12.0. The second kappa shape index (κ2) is 8.72. The Hall–Kier alpha value is -2.82. The lowest BCUT2D eigenvalue weighted by molar-refractivity contribution is -0.120. The SMILES string of the molecule is Cc1ccc(OCCNC(=O)CNC(=O)c2ccccc2C)cc1. The molecule has 0 atom stereocenters. The second-order valence-electron chi connectivity index (χ2n) is 5.51. The van der Waals surface area contributed by atoms with Gasteiger partial charge in [0.15, 0.2) is 0 Å². The first-order chi connectivity index (χ1) is 11.6. The molecule has 0 saturated heterocycles. The molecule has 5 heteroatoms. The van der Waals surface area contributed by atoms with E-state index in [9.17, 15) is 9.59 Å². The maximum atomic E-state index is 12.0. The molecule has 2 amide bonds. The number of aryl methyl sites for hydroxylation is 2. The van der Waals surface area contributed by atoms with E-state index in [0.717, 1.165) is 11.3 Å². The number of ether oxygens (including phenoxy) is 1. The second-order valence-corrected chi connectivity index (χ2v) is 5.51. The topological polar surface area (TPSA) is 67.4 Å². The summed E-state index contributed by atoms with van der Waals surface area (Å²) in [6.45, 7) is 4.57.